The van der Waals surface area contributed by atoms with E-state index in [2.05, 4.69) is 47.5 Å². The summed E-state index contributed by atoms with van der Waals surface area (Å²) in [4.78, 5) is 22.0. The molecular formula is C18H17N3OS2. The van der Waals surface area contributed by atoms with Gasteiger partial charge in [-0.25, -0.2) is 4.98 Å². The second-order valence-corrected chi connectivity index (χ2v) is 7.10. The van der Waals surface area contributed by atoms with Crippen LogP contribution < -0.4 is 5.32 Å². The third kappa shape index (κ3) is 3.49. The first-order valence-electron chi connectivity index (χ1n) is 7.41. The summed E-state index contributed by atoms with van der Waals surface area (Å²) in [7, 11) is 0. The van der Waals surface area contributed by atoms with Gasteiger partial charge in [0.05, 0.1) is 5.69 Å². The molecule has 6 heteroatoms. The molecule has 1 N–H and O–H groups in total. The molecule has 0 bridgehead atoms. The van der Waals surface area contributed by atoms with Crippen molar-refractivity contribution in [3.05, 3.63) is 58.7 Å². The number of amides is 1. The zero-order valence-corrected chi connectivity index (χ0v) is 15.3. The monoisotopic (exact) mass is 355 g/mol. The van der Waals surface area contributed by atoms with E-state index in [0.717, 1.165) is 11.3 Å². The van der Waals surface area contributed by atoms with Gasteiger partial charge >= 0.3 is 0 Å². The molecule has 0 aliphatic carbocycles. The molecule has 1 amide bonds. The number of nitrogens with zero attached hydrogens (tertiary/aromatic N) is 2. The van der Waals surface area contributed by atoms with E-state index in [1.54, 1.807) is 36.3 Å². The lowest BCUT2D eigenvalue weighted by Gasteiger charge is -2.09. The first-order chi connectivity index (χ1) is 11.6. The summed E-state index contributed by atoms with van der Waals surface area (Å²) < 4.78 is 0. The van der Waals surface area contributed by atoms with Crippen molar-refractivity contribution in [2.45, 2.75) is 18.7 Å². The van der Waals surface area contributed by atoms with Crippen LogP contribution in [0.2, 0.25) is 0 Å². The minimum Gasteiger partial charge on any atom is -0.298 e. The summed E-state index contributed by atoms with van der Waals surface area (Å²) in [6, 6.07) is 7.70. The van der Waals surface area contributed by atoms with Gasteiger partial charge in [-0.2, -0.15) is 0 Å². The van der Waals surface area contributed by atoms with Gasteiger partial charge in [0.25, 0.3) is 5.91 Å². The van der Waals surface area contributed by atoms with Crippen LogP contribution >= 0.6 is 23.1 Å². The lowest BCUT2D eigenvalue weighted by atomic mass is 10.0. The van der Waals surface area contributed by atoms with Crippen molar-refractivity contribution in [1.82, 2.24) is 9.97 Å². The first kappa shape index (κ1) is 16.7. The molecule has 0 unspecified atom stereocenters. The molecule has 0 fully saturated rings. The number of anilines is 1. The number of aryl methyl sites for hydroxylation is 2. The zero-order chi connectivity index (χ0) is 17.1. The number of aromatic nitrogens is 2. The minimum atomic E-state index is -0.176. The van der Waals surface area contributed by atoms with Gasteiger partial charge in [-0.1, -0.05) is 0 Å². The summed E-state index contributed by atoms with van der Waals surface area (Å²) in [6.45, 7) is 4.19. The van der Waals surface area contributed by atoms with E-state index in [1.165, 1.54) is 27.4 Å². The van der Waals surface area contributed by atoms with Gasteiger partial charge in [0.15, 0.2) is 5.13 Å². The van der Waals surface area contributed by atoms with E-state index in [-0.39, 0.29) is 5.91 Å². The molecule has 0 saturated carbocycles. The third-order valence-corrected chi connectivity index (χ3v) is 5.13. The van der Waals surface area contributed by atoms with Crippen LogP contribution in [0.4, 0.5) is 5.13 Å². The Morgan fingerprint density at radius 1 is 1.17 bits per heavy atom. The zero-order valence-electron chi connectivity index (χ0n) is 13.7. The highest BCUT2D eigenvalue weighted by molar-refractivity contribution is 7.98. The maximum absolute atomic E-state index is 12.2. The SMILES string of the molecule is CSc1cc(C)c(-c2csc(NC(=O)c3ccncc3)n2)c(C)c1. The normalized spacial score (nSPS) is 10.6. The topological polar surface area (TPSA) is 54.9 Å². The Bertz CT molecular complexity index is 852. The van der Waals surface area contributed by atoms with Crippen molar-refractivity contribution < 1.29 is 4.79 Å². The molecule has 1 aromatic carbocycles. The van der Waals surface area contributed by atoms with E-state index in [4.69, 9.17) is 0 Å². The number of rotatable bonds is 4. The predicted molar refractivity (Wildman–Crippen MR) is 101 cm³/mol. The van der Waals surface area contributed by atoms with Crippen LogP contribution in [0, 0.1) is 13.8 Å². The summed E-state index contributed by atoms with van der Waals surface area (Å²) in [6.07, 6.45) is 5.27. The number of thiazole rings is 1. The molecule has 4 nitrogen and oxygen atoms in total. The number of nitrogens with one attached hydrogen (secondary N) is 1. The second kappa shape index (κ2) is 7.15. The van der Waals surface area contributed by atoms with E-state index in [9.17, 15) is 4.79 Å². The fourth-order valence-electron chi connectivity index (χ4n) is 2.56. The van der Waals surface area contributed by atoms with Gasteiger partial charge < -0.3 is 0 Å². The van der Waals surface area contributed by atoms with E-state index < -0.39 is 0 Å². The Kier molecular flexibility index (Phi) is 4.97. The average Bonchev–Trinajstić information content (AvgIpc) is 3.02. The Morgan fingerprint density at radius 3 is 2.46 bits per heavy atom. The number of hydrogen-bond acceptors (Lipinski definition) is 5. The van der Waals surface area contributed by atoms with Crippen molar-refractivity contribution in [3.63, 3.8) is 0 Å². The van der Waals surface area contributed by atoms with Crippen LogP contribution in [0.25, 0.3) is 11.3 Å². The molecule has 3 rings (SSSR count). The first-order valence-corrected chi connectivity index (χ1v) is 9.51. The molecule has 0 spiro atoms. The molecule has 3 aromatic rings. The highest BCUT2D eigenvalue weighted by Crippen LogP contribution is 2.33. The minimum absolute atomic E-state index is 0.176. The molecule has 0 atom stereocenters. The van der Waals surface area contributed by atoms with Crippen molar-refractivity contribution in [2.24, 2.45) is 0 Å². The van der Waals surface area contributed by atoms with Gasteiger partial charge in [-0.3, -0.25) is 15.1 Å². The highest BCUT2D eigenvalue weighted by Gasteiger charge is 2.13. The van der Waals surface area contributed by atoms with Gasteiger partial charge in [0.1, 0.15) is 0 Å². The Hall–Kier alpha value is -2.18. The molecule has 24 heavy (non-hydrogen) atoms. The third-order valence-electron chi connectivity index (χ3n) is 3.67. The number of benzene rings is 1. The molecule has 2 aromatic heterocycles. The molecule has 2 heterocycles. The number of carbonyl (C=O) groups excluding carboxylic acids is 1. The van der Waals surface area contributed by atoms with E-state index in [1.807, 2.05) is 5.38 Å². The van der Waals surface area contributed by atoms with Crippen LogP contribution in [0.1, 0.15) is 21.5 Å². The predicted octanol–water partition coefficient (Wildman–Crippen LogP) is 4.80. The fourth-order valence-corrected chi connectivity index (χ4v) is 3.85. The Labute approximate surface area is 149 Å². The van der Waals surface area contributed by atoms with Crippen molar-refractivity contribution in [3.8, 4) is 11.3 Å². The number of hydrogen-bond donors (Lipinski definition) is 1. The standard InChI is InChI=1S/C18H17N3OS2/c1-11-8-14(23-3)9-12(2)16(11)15-10-24-18(20-15)21-17(22)13-4-6-19-7-5-13/h4-10H,1-3H3,(H,20,21,22). The van der Waals surface area contributed by atoms with E-state index in [0.29, 0.717) is 10.7 Å². The molecule has 0 saturated heterocycles. The summed E-state index contributed by atoms with van der Waals surface area (Å²) in [5, 5.41) is 5.43. The lowest BCUT2D eigenvalue weighted by molar-refractivity contribution is 0.102. The fraction of sp³-hybridized carbons (Fsp3) is 0.167. The average molecular weight is 355 g/mol. The number of carbonyl (C=O) groups is 1. The van der Waals surface area contributed by atoms with Crippen molar-refractivity contribution in [1.29, 1.82) is 0 Å². The highest BCUT2D eigenvalue weighted by atomic mass is 32.2. The number of thioether (sulfide) groups is 1. The van der Waals surface area contributed by atoms with Gasteiger partial charge in [-0.05, 0) is 55.5 Å². The molecular weight excluding hydrogens is 338 g/mol. The van der Waals surface area contributed by atoms with Gasteiger partial charge in [0, 0.05) is 33.8 Å². The van der Waals surface area contributed by atoms with Crippen LogP contribution in [-0.4, -0.2) is 22.1 Å². The Morgan fingerprint density at radius 2 is 1.83 bits per heavy atom. The Balaban J connectivity index is 1.85. The van der Waals surface area contributed by atoms with Crippen LogP contribution in [0.3, 0.4) is 0 Å². The van der Waals surface area contributed by atoms with Gasteiger partial charge in [0.2, 0.25) is 0 Å². The van der Waals surface area contributed by atoms with Crippen LogP contribution in [0.15, 0.2) is 46.9 Å². The maximum atomic E-state index is 12.2. The second-order valence-electron chi connectivity index (χ2n) is 5.36. The van der Waals surface area contributed by atoms with Crippen LogP contribution in [0.5, 0.6) is 0 Å². The molecule has 122 valence electrons. The smallest absolute Gasteiger partial charge is 0.257 e. The molecule has 0 radical (unpaired) electrons. The van der Waals surface area contributed by atoms with E-state index >= 15 is 0 Å². The largest absolute Gasteiger partial charge is 0.298 e. The summed E-state index contributed by atoms with van der Waals surface area (Å²) >= 11 is 3.16. The van der Waals surface area contributed by atoms with Gasteiger partial charge in [-0.15, -0.1) is 23.1 Å². The summed E-state index contributed by atoms with van der Waals surface area (Å²) in [5.74, 6) is -0.176. The number of pyridine rings is 1. The molecule has 0 aliphatic heterocycles. The van der Waals surface area contributed by atoms with Crippen LogP contribution in [-0.2, 0) is 0 Å². The lowest BCUT2D eigenvalue weighted by Crippen LogP contribution is -2.11. The molecule has 0 aliphatic rings. The maximum Gasteiger partial charge on any atom is 0.257 e. The van der Waals surface area contributed by atoms with Crippen molar-refractivity contribution >= 4 is 34.1 Å². The van der Waals surface area contributed by atoms with Crippen molar-refractivity contribution in [2.75, 3.05) is 11.6 Å². The quantitative estimate of drug-likeness (QED) is 0.683. The summed E-state index contributed by atoms with van der Waals surface area (Å²) in [5.41, 5.74) is 4.98.